The Balaban J connectivity index is 2.25. The quantitative estimate of drug-likeness (QED) is 0.688. The topological polar surface area (TPSA) is 117 Å². The molecule has 3 N–H and O–H groups in total. The van der Waals surface area contributed by atoms with Crippen LogP contribution in [0.25, 0.3) is 11.0 Å². The van der Waals surface area contributed by atoms with E-state index < -0.39 is 23.5 Å². The summed E-state index contributed by atoms with van der Waals surface area (Å²) in [6, 6.07) is 2.25. The number of carbonyl (C=O) groups is 2. The number of hydrogen-bond donors (Lipinski definition) is 3. The van der Waals surface area contributed by atoms with Gasteiger partial charge in [0.2, 0.25) is 5.91 Å². The smallest absolute Gasteiger partial charge is 0.339 e. The number of carboxylic acids is 1. The number of phenolic OH excluding ortho intramolecular Hbond substituents is 1. The maximum absolute atomic E-state index is 12.2. The Hall–Kier alpha value is -2.83. The van der Waals surface area contributed by atoms with Gasteiger partial charge in [0.1, 0.15) is 17.4 Å². The summed E-state index contributed by atoms with van der Waals surface area (Å²) in [6.07, 6.45) is 0.408. The zero-order chi connectivity index (χ0) is 18.7. The average molecular weight is 347 g/mol. The van der Waals surface area contributed by atoms with Gasteiger partial charge in [-0.15, -0.1) is 0 Å². The van der Waals surface area contributed by atoms with Crippen molar-refractivity contribution in [1.29, 1.82) is 0 Å². The Morgan fingerprint density at radius 2 is 1.92 bits per heavy atom. The number of aromatic hydroxyl groups is 1. The minimum Gasteiger partial charge on any atom is -0.508 e. The zero-order valence-electron chi connectivity index (χ0n) is 14.4. The minimum atomic E-state index is -1.09. The lowest BCUT2D eigenvalue weighted by Crippen LogP contribution is -2.40. The molecule has 0 spiro atoms. The Morgan fingerprint density at radius 1 is 1.24 bits per heavy atom. The number of rotatable bonds is 6. The molecule has 1 aromatic carbocycles. The molecular formula is C18H21NO6. The average Bonchev–Trinajstić information content (AvgIpc) is 2.56. The largest absolute Gasteiger partial charge is 0.508 e. The predicted molar refractivity (Wildman–Crippen MR) is 91.8 cm³/mol. The third-order valence-electron chi connectivity index (χ3n) is 4.32. The molecule has 7 heteroatoms. The van der Waals surface area contributed by atoms with Gasteiger partial charge < -0.3 is 19.9 Å². The second-order valence-electron chi connectivity index (χ2n) is 5.95. The summed E-state index contributed by atoms with van der Waals surface area (Å²) in [5.41, 5.74) is 1.31. The maximum atomic E-state index is 12.2. The maximum Gasteiger partial charge on any atom is 0.339 e. The highest BCUT2D eigenvalue weighted by Crippen LogP contribution is 2.28. The second kappa shape index (κ2) is 7.38. The molecule has 0 aliphatic heterocycles. The van der Waals surface area contributed by atoms with E-state index in [1.54, 1.807) is 26.8 Å². The van der Waals surface area contributed by atoms with E-state index >= 15 is 0 Å². The minimum absolute atomic E-state index is 0.0159. The number of amides is 1. The Morgan fingerprint density at radius 3 is 2.52 bits per heavy atom. The molecule has 0 radical (unpaired) electrons. The fourth-order valence-corrected chi connectivity index (χ4v) is 2.71. The first-order valence-corrected chi connectivity index (χ1v) is 8.03. The molecule has 7 nitrogen and oxygen atoms in total. The van der Waals surface area contributed by atoms with Crippen LogP contribution in [0.2, 0.25) is 0 Å². The van der Waals surface area contributed by atoms with Gasteiger partial charge in [0, 0.05) is 22.9 Å². The van der Waals surface area contributed by atoms with E-state index in [1.165, 1.54) is 6.07 Å². The van der Waals surface area contributed by atoms with E-state index in [4.69, 9.17) is 9.52 Å². The van der Waals surface area contributed by atoms with Crippen molar-refractivity contribution >= 4 is 22.8 Å². The predicted octanol–water partition coefficient (Wildman–Crippen LogP) is 2.03. The molecule has 2 rings (SSSR count). The van der Waals surface area contributed by atoms with Crippen molar-refractivity contribution in [2.24, 2.45) is 0 Å². The van der Waals surface area contributed by atoms with Gasteiger partial charge in [-0.1, -0.05) is 6.92 Å². The van der Waals surface area contributed by atoms with Gasteiger partial charge in [-0.25, -0.2) is 9.59 Å². The summed E-state index contributed by atoms with van der Waals surface area (Å²) >= 11 is 0. The lowest BCUT2D eigenvalue weighted by atomic mass is 10.00. The van der Waals surface area contributed by atoms with Gasteiger partial charge in [-0.3, -0.25) is 4.79 Å². The van der Waals surface area contributed by atoms with Crippen LogP contribution in [0.4, 0.5) is 0 Å². The molecule has 1 aromatic heterocycles. The van der Waals surface area contributed by atoms with Crippen LogP contribution in [0.15, 0.2) is 21.3 Å². The summed E-state index contributed by atoms with van der Waals surface area (Å²) in [5.74, 6) is -1.48. The van der Waals surface area contributed by atoms with E-state index in [0.29, 0.717) is 27.7 Å². The van der Waals surface area contributed by atoms with Crippen molar-refractivity contribution in [3.63, 3.8) is 0 Å². The van der Waals surface area contributed by atoms with Crippen LogP contribution in [0.1, 0.15) is 36.5 Å². The Labute approximate surface area is 144 Å². The van der Waals surface area contributed by atoms with Gasteiger partial charge in [0.25, 0.3) is 0 Å². The van der Waals surface area contributed by atoms with Crippen molar-refractivity contribution in [2.45, 2.75) is 46.1 Å². The van der Waals surface area contributed by atoms with E-state index in [-0.39, 0.29) is 25.0 Å². The SMILES string of the molecule is CC[C@@H](NC(=O)CCc1c(C)c2ccc(O)c(C)c2oc1=O)C(=O)O. The number of benzene rings is 1. The van der Waals surface area contributed by atoms with Crippen LogP contribution < -0.4 is 10.9 Å². The third-order valence-corrected chi connectivity index (χ3v) is 4.32. The fraction of sp³-hybridized carbons (Fsp3) is 0.389. The number of aryl methyl sites for hydroxylation is 2. The van der Waals surface area contributed by atoms with Crippen LogP contribution in [-0.4, -0.2) is 28.1 Å². The number of fused-ring (bicyclic) bond motifs is 1. The van der Waals surface area contributed by atoms with Crippen LogP contribution in [0, 0.1) is 13.8 Å². The lowest BCUT2D eigenvalue weighted by Gasteiger charge is -2.13. The lowest BCUT2D eigenvalue weighted by molar-refractivity contribution is -0.141. The van der Waals surface area contributed by atoms with Crippen molar-refractivity contribution in [3.8, 4) is 5.75 Å². The summed E-state index contributed by atoms with van der Waals surface area (Å²) in [4.78, 5) is 35.1. The molecule has 25 heavy (non-hydrogen) atoms. The normalized spacial score (nSPS) is 12.1. The van der Waals surface area contributed by atoms with Gasteiger partial charge in [0.15, 0.2) is 0 Å². The molecule has 0 aliphatic rings. The molecule has 1 heterocycles. The fourth-order valence-electron chi connectivity index (χ4n) is 2.71. The van der Waals surface area contributed by atoms with E-state index in [0.717, 1.165) is 0 Å². The Bertz CT molecular complexity index is 883. The number of nitrogens with one attached hydrogen (secondary N) is 1. The summed E-state index contributed by atoms with van der Waals surface area (Å²) < 4.78 is 5.32. The summed E-state index contributed by atoms with van der Waals surface area (Å²) in [7, 11) is 0. The highest BCUT2D eigenvalue weighted by atomic mass is 16.4. The van der Waals surface area contributed by atoms with Crippen molar-refractivity contribution in [2.75, 3.05) is 0 Å². The number of phenols is 1. The molecule has 2 aromatic rings. The van der Waals surface area contributed by atoms with Crippen LogP contribution in [0.5, 0.6) is 5.75 Å². The highest BCUT2D eigenvalue weighted by molar-refractivity contribution is 5.86. The molecule has 0 bridgehead atoms. The molecule has 0 unspecified atom stereocenters. The molecule has 0 aliphatic carbocycles. The molecule has 0 fully saturated rings. The first kappa shape index (κ1) is 18.5. The number of carbonyl (C=O) groups excluding carboxylic acids is 1. The molecule has 1 amide bonds. The zero-order valence-corrected chi connectivity index (χ0v) is 14.4. The van der Waals surface area contributed by atoms with Crippen molar-refractivity contribution in [1.82, 2.24) is 5.32 Å². The molecule has 0 saturated carbocycles. The van der Waals surface area contributed by atoms with Crippen molar-refractivity contribution in [3.05, 3.63) is 39.2 Å². The molecule has 0 saturated heterocycles. The third kappa shape index (κ3) is 3.81. The Kier molecular flexibility index (Phi) is 5.46. The van der Waals surface area contributed by atoms with Gasteiger partial charge in [-0.05, 0) is 44.4 Å². The molecule has 1 atom stereocenters. The van der Waals surface area contributed by atoms with Crippen LogP contribution in [0.3, 0.4) is 0 Å². The van der Waals surface area contributed by atoms with Crippen molar-refractivity contribution < 1.29 is 24.2 Å². The number of aliphatic carboxylic acids is 1. The van der Waals surface area contributed by atoms with E-state index in [2.05, 4.69) is 5.32 Å². The summed E-state index contributed by atoms with van der Waals surface area (Å²) in [5, 5.41) is 21.8. The second-order valence-corrected chi connectivity index (χ2v) is 5.95. The first-order valence-electron chi connectivity index (χ1n) is 8.03. The van der Waals surface area contributed by atoms with E-state index in [1.807, 2.05) is 0 Å². The number of carboxylic acid groups (broad SMARTS) is 1. The van der Waals surface area contributed by atoms with Crippen LogP contribution >= 0.6 is 0 Å². The van der Waals surface area contributed by atoms with Gasteiger partial charge in [0.05, 0.1) is 0 Å². The van der Waals surface area contributed by atoms with E-state index in [9.17, 15) is 19.5 Å². The summed E-state index contributed by atoms with van der Waals surface area (Å²) in [6.45, 7) is 5.08. The monoisotopic (exact) mass is 347 g/mol. The van der Waals surface area contributed by atoms with Crippen LogP contribution in [-0.2, 0) is 16.0 Å². The number of hydrogen-bond acceptors (Lipinski definition) is 5. The molecular weight excluding hydrogens is 326 g/mol. The van der Waals surface area contributed by atoms with Gasteiger partial charge >= 0.3 is 11.6 Å². The van der Waals surface area contributed by atoms with Gasteiger partial charge in [-0.2, -0.15) is 0 Å². The first-order chi connectivity index (χ1) is 11.8. The highest BCUT2D eigenvalue weighted by Gasteiger charge is 2.19. The standard InChI is InChI=1S/C18H21NO6/c1-4-13(17(22)23)19-15(21)8-6-12-9(2)11-5-7-14(20)10(3)16(11)25-18(12)24/h5,7,13,20H,4,6,8H2,1-3H3,(H,19,21)(H,22,23)/t13-/m1/s1. The molecule has 134 valence electrons.